The Labute approximate surface area is 401 Å². The van der Waals surface area contributed by atoms with E-state index in [9.17, 15) is 9.90 Å². The number of aliphatic hydroxyl groups excluding tert-OH is 1. The summed E-state index contributed by atoms with van der Waals surface area (Å²) in [7, 11) is 18.4. The molecule has 376 valence electrons. The van der Waals surface area contributed by atoms with Crippen molar-refractivity contribution in [1.82, 2.24) is 0 Å². The molecule has 1 N–H and O–H groups in total. The lowest BCUT2D eigenvalue weighted by atomic mass is 9.77. The maximum Gasteiger partial charge on any atom is 0.311 e. The zero-order valence-electron chi connectivity index (χ0n) is 42.5. The summed E-state index contributed by atoms with van der Waals surface area (Å²) in [5.41, 5.74) is 6.82. The van der Waals surface area contributed by atoms with Crippen LogP contribution in [-0.4, -0.2) is 173 Å². The fraction of sp³-hybridized carbons (Fsp3) is 0.717. The highest BCUT2D eigenvalue weighted by Gasteiger charge is 2.46. The van der Waals surface area contributed by atoms with Crippen LogP contribution in [0.3, 0.4) is 0 Å². The van der Waals surface area contributed by atoms with Gasteiger partial charge in [-0.2, -0.15) is 0 Å². The van der Waals surface area contributed by atoms with E-state index < -0.39 is 6.29 Å². The van der Waals surface area contributed by atoms with Crippen LogP contribution in [-0.2, 0) is 52.2 Å². The first-order valence-electron chi connectivity index (χ1n) is 24.7. The number of rotatable bonds is 25. The van der Waals surface area contributed by atoms with Gasteiger partial charge in [0.15, 0.2) is 12.0 Å². The lowest BCUT2D eigenvalue weighted by Gasteiger charge is -2.49. The SMILES string of the molecule is COC1=CC2=C(CC[N@+](C)(CCC(=O)OCCCCCOC(O)CC[N@+]3(C)CCC4=C(CC(OC)C(OC)=C4)[C@H]3CC3C=CC(OC)C(OC)C3)[C@H]2CC2=CC(OC)=C(OC)CC2)CC1OC. The topological polar surface area (TPSA) is 130 Å². The number of aliphatic hydroxyl groups is 1. The van der Waals surface area contributed by atoms with Crippen LogP contribution in [0.4, 0.5) is 0 Å². The number of likely N-dealkylation sites (N-methyl/N-ethyl adjacent to an activating group) is 2. The molecule has 14 nitrogen and oxygen atoms in total. The van der Waals surface area contributed by atoms with Crippen molar-refractivity contribution in [3.63, 3.8) is 0 Å². The normalized spacial score (nSPS) is 31.3. The molecule has 67 heavy (non-hydrogen) atoms. The number of unbranched alkanes of at least 4 members (excludes halogenated alkanes) is 2. The van der Waals surface area contributed by atoms with Gasteiger partial charge in [-0.25, -0.2) is 0 Å². The van der Waals surface area contributed by atoms with Gasteiger partial charge < -0.3 is 61.4 Å². The standard InChI is InChI=1S/C53H84N2O12/c1-54(22-18-38-32-48(62-7)50(64-9)34-40(38)42(54)28-36-14-16-44(58-3)46(30-36)60-5)24-20-52(56)66-26-12-11-13-27-67-53(57)21-25-55(2)23-19-39-33-49(63-8)51(65-10)35-41(39)43(55)29-37-15-17-45(59-4)47(31-37)61-6/h14,16,31-32,35-36,42-44,46,49-50,52,56H,11-13,15,17-30,33-34H2,1-10H3/q+2/t36?,42-,43+,44?,46?,49?,50?,52?,54+,55-/m1/s1. The largest absolute Gasteiger partial charge is 0.498 e. The van der Waals surface area contributed by atoms with Crippen LogP contribution in [0, 0.1) is 5.92 Å². The number of methoxy groups -OCH3 is 8. The highest BCUT2D eigenvalue weighted by atomic mass is 16.6. The average molecular weight is 941 g/mol. The first kappa shape index (κ1) is 52.9. The van der Waals surface area contributed by atoms with Crippen molar-refractivity contribution >= 4 is 5.97 Å². The van der Waals surface area contributed by atoms with Gasteiger partial charge in [-0.3, -0.25) is 4.79 Å². The van der Waals surface area contributed by atoms with Gasteiger partial charge in [-0.05, 0) is 67.4 Å². The van der Waals surface area contributed by atoms with E-state index >= 15 is 0 Å². The summed E-state index contributed by atoms with van der Waals surface area (Å²) >= 11 is 0. The summed E-state index contributed by atoms with van der Waals surface area (Å²) in [6.45, 7) is 4.19. The van der Waals surface area contributed by atoms with E-state index in [2.05, 4.69) is 44.5 Å². The van der Waals surface area contributed by atoms with E-state index in [0.717, 1.165) is 129 Å². The van der Waals surface area contributed by atoms with Crippen molar-refractivity contribution < 1.29 is 66.2 Å². The van der Waals surface area contributed by atoms with Gasteiger partial charge >= 0.3 is 5.97 Å². The van der Waals surface area contributed by atoms with Gasteiger partial charge in [0, 0.05) is 92.0 Å². The Hall–Kier alpha value is -3.47. The number of hydrogen-bond donors (Lipinski definition) is 1. The molecule has 0 saturated carbocycles. The summed E-state index contributed by atoms with van der Waals surface area (Å²) in [5, 5.41) is 11.1. The van der Waals surface area contributed by atoms with Gasteiger partial charge in [0.05, 0.1) is 87.8 Å². The third-order valence-electron chi connectivity index (χ3n) is 15.9. The Morgan fingerprint density at radius 2 is 1.45 bits per heavy atom. The first-order valence-corrected chi connectivity index (χ1v) is 24.7. The zero-order chi connectivity index (χ0) is 48.1. The Bertz CT molecular complexity index is 1900. The second kappa shape index (κ2) is 24.9. The molecule has 0 aromatic rings. The van der Waals surface area contributed by atoms with Crippen LogP contribution in [0.15, 0.2) is 81.3 Å². The Balaban J connectivity index is 0.965. The maximum atomic E-state index is 13.2. The van der Waals surface area contributed by atoms with E-state index in [4.69, 9.17) is 47.4 Å². The lowest BCUT2D eigenvalue weighted by molar-refractivity contribution is -0.931. The summed E-state index contributed by atoms with van der Waals surface area (Å²) in [6, 6.07) is 0.400. The third-order valence-corrected chi connectivity index (χ3v) is 15.9. The molecule has 0 fully saturated rings. The third kappa shape index (κ3) is 13.0. The Morgan fingerprint density at radius 1 is 0.731 bits per heavy atom. The molecule has 0 bridgehead atoms. The predicted molar refractivity (Wildman–Crippen MR) is 256 cm³/mol. The molecular weight excluding hydrogens is 857 g/mol. The number of allylic oxidation sites excluding steroid dienone is 4. The number of quaternary nitrogens is 2. The molecule has 6 aliphatic rings. The van der Waals surface area contributed by atoms with Crippen LogP contribution in [0.25, 0.3) is 0 Å². The van der Waals surface area contributed by atoms with Gasteiger partial charge in [0.25, 0.3) is 0 Å². The summed E-state index contributed by atoms with van der Waals surface area (Å²) in [6.07, 6.45) is 21.1. The average Bonchev–Trinajstić information content (AvgIpc) is 3.35. The van der Waals surface area contributed by atoms with Crippen molar-refractivity contribution in [3.05, 3.63) is 81.3 Å². The number of ether oxygens (including phenoxy) is 10. The van der Waals surface area contributed by atoms with Crippen LogP contribution < -0.4 is 0 Å². The number of esters is 1. The summed E-state index contributed by atoms with van der Waals surface area (Å²) in [5.74, 6) is 3.57. The first-order chi connectivity index (χ1) is 32.4. The molecule has 4 aliphatic carbocycles. The Kier molecular flexibility index (Phi) is 19.6. The van der Waals surface area contributed by atoms with E-state index in [1.54, 1.807) is 56.9 Å². The second-order valence-electron chi connectivity index (χ2n) is 19.8. The monoisotopic (exact) mass is 941 g/mol. The molecule has 0 radical (unpaired) electrons. The van der Waals surface area contributed by atoms with Crippen LogP contribution >= 0.6 is 0 Å². The molecule has 0 aromatic heterocycles. The molecule has 2 heterocycles. The van der Waals surface area contributed by atoms with Crippen molar-refractivity contribution in [3.8, 4) is 0 Å². The summed E-state index contributed by atoms with van der Waals surface area (Å²) in [4.78, 5) is 13.2. The molecule has 6 rings (SSSR count). The predicted octanol–water partition coefficient (Wildman–Crippen LogP) is 7.36. The van der Waals surface area contributed by atoms with Crippen molar-refractivity contribution in [2.24, 2.45) is 5.92 Å². The molecule has 10 atom stereocenters. The molecule has 0 amide bonds. The van der Waals surface area contributed by atoms with Crippen molar-refractivity contribution in [2.75, 3.05) is 110 Å². The molecule has 0 aromatic carbocycles. The van der Waals surface area contributed by atoms with Crippen molar-refractivity contribution in [2.45, 2.75) is 133 Å². The van der Waals surface area contributed by atoms with Gasteiger partial charge in [-0.1, -0.05) is 23.3 Å². The summed E-state index contributed by atoms with van der Waals surface area (Å²) < 4.78 is 59.5. The maximum absolute atomic E-state index is 13.2. The van der Waals surface area contributed by atoms with Gasteiger partial charge in [0.1, 0.15) is 47.7 Å². The van der Waals surface area contributed by atoms with Gasteiger partial charge in [0.2, 0.25) is 0 Å². The van der Waals surface area contributed by atoms with Crippen molar-refractivity contribution in [1.29, 1.82) is 0 Å². The second-order valence-corrected chi connectivity index (χ2v) is 19.8. The molecule has 0 saturated heterocycles. The smallest absolute Gasteiger partial charge is 0.311 e. The number of carbonyl (C=O) groups excluding carboxylic acids is 1. The highest BCUT2D eigenvalue weighted by molar-refractivity contribution is 5.69. The molecule has 14 heteroatoms. The van der Waals surface area contributed by atoms with Crippen LogP contribution in [0.2, 0.25) is 0 Å². The van der Waals surface area contributed by atoms with Crippen LogP contribution in [0.1, 0.15) is 89.9 Å². The fourth-order valence-electron chi connectivity index (χ4n) is 11.6. The number of carbonyl (C=O) groups is 1. The molecule has 6 unspecified atom stereocenters. The number of hydrogen-bond acceptors (Lipinski definition) is 12. The zero-order valence-corrected chi connectivity index (χ0v) is 42.5. The van der Waals surface area contributed by atoms with Crippen LogP contribution in [0.5, 0.6) is 0 Å². The minimum atomic E-state index is -0.853. The highest BCUT2D eigenvalue weighted by Crippen LogP contribution is 2.44. The number of nitrogens with zero attached hydrogens (tertiary/aromatic N) is 2. The lowest BCUT2D eigenvalue weighted by Crippen LogP contribution is -2.58. The minimum Gasteiger partial charge on any atom is -0.498 e. The quantitative estimate of drug-likeness (QED) is 0.0323. The molecule has 0 spiro atoms. The van der Waals surface area contributed by atoms with E-state index in [-0.39, 0.29) is 42.5 Å². The van der Waals surface area contributed by atoms with E-state index in [1.807, 2.05) is 0 Å². The Morgan fingerprint density at radius 3 is 2.15 bits per heavy atom. The molecule has 2 aliphatic heterocycles. The molecular formula is C53H84N2O12+2. The fourth-order valence-corrected chi connectivity index (χ4v) is 11.6. The van der Waals surface area contributed by atoms with E-state index in [0.29, 0.717) is 38.5 Å². The van der Waals surface area contributed by atoms with Gasteiger partial charge in [-0.15, -0.1) is 0 Å². The minimum absolute atomic E-state index is 0.0147. The van der Waals surface area contributed by atoms with E-state index in [1.165, 1.54) is 27.9 Å².